The van der Waals surface area contributed by atoms with E-state index in [1.165, 1.54) is 7.11 Å². The average molecular weight is 310 g/mol. The number of nitrogens with one attached hydrogen (secondary N) is 1. The Kier molecular flexibility index (Phi) is 4.05. The molecule has 1 heterocycles. The van der Waals surface area contributed by atoms with Gasteiger partial charge in [-0.2, -0.15) is 5.10 Å². The Bertz CT molecular complexity index is 870. The normalized spacial score (nSPS) is 10.5. The van der Waals surface area contributed by atoms with Gasteiger partial charge in [0.25, 0.3) is 0 Å². The number of carbonyl (C=O) groups excluding carboxylic acids is 2. The van der Waals surface area contributed by atoms with E-state index < -0.39 is 11.9 Å². The number of rotatable bonds is 4. The Morgan fingerprint density at radius 2 is 1.91 bits per heavy atom. The molecule has 0 fully saturated rings. The number of hydrogen-bond donors (Lipinski definition) is 1. The molecule has 0 aliphatic carbocycles. The number of fused-ring (bicyclic) bond motifs is 1. The largest absolute Gasteiger partial charge is 0.465 e. The second-order valence-corrected chi connectivity index (χ2v) is 4.89. The average Bonchev–Trinajstić information content (AvgIpc) is 3.03. The second-order valence-electron chi connectivity index (χ2n) is 4.89. The number of para-hydroxylation sites is 1. The van der Waals surface area contributed by atoms with Gasteiger partial charge in [0.1, 0.15) is 6.61 Å². The number of benzene rings is 2. The number of aromatic amines is 1. The molecule has 2 aromatic carbocycles. The summed E-state index contributed by atoms with van der Waals surface area (Å²) in [4.78, 5) is 23.7. The van der Waals surface area contributed by atoms with Crippen molar-refractivity contribution in [1.29, 1.82) is 0 Å². The van der Waals surface area contributed by atoms with Gasteiger partial charge in [-0.25, -0.2) is 9.59 Å². The van der Waals surface area contributed by atoms with Crippen LogP contribution in [0.1, 0.15) is 26.4 Å². The topological polar surface area (TPSA) is 81.3 Å². The van der Waals surface area contributed by atoms with Crippen LogP contribution in [-0.4, -0.2) is 29.2 Å². The van der Waals surface area contributed by atoms with Crippen LogP contribution in [0.15, 0.2) is 48.5 Å². The number of ether oxygens (including phenoxy) is 2. The van der Waals surface area contributed by atoms with E-state index in [4.69, 9.17) is 4.74 Å². The molecule has 0 aliphatic rings. The molecule has 1 N–H and O–H groups in total. The van der Waals surface area contributed by atoms with E-state index in [1.807, 2.05) is 18.2 Å². The maximum atomic E-state index is 12.2. The molecule has 0 saturated heterocycles. The molecule has 6 heteroatoms. The zero-order valence-corrected chi connectivity index (χ0v) is 12.4. The van der Waals surface area contributed by atoms with E-state index in [-0.39, 0.29) is 12.3 Å². The van der Waals surface area contributed by atoms with Crippen LogP contribution < -0.4 is 0 Å². The van der Waals surface area contributed by atoms with E-state index in [0.29, 0.717) is 16.5 Å². The van der Waals surface area contributed by atoms with Crippen LogP contribution in [0.2, 0.25) is 0 Å². The smallest absolute Gasteiger partial charge is 0.359 e. The van der Waals surface area contributed by atoms with Gasteiger partial charge in [-0.1, -0.05) is 30.3 Å². The number of esters is 2. The molecule has 1 aromatic heterocycles. The van der Waals surface area contributed by atoms with Gasteiger partial charge in [0, 0.05) is 5.39 Å². The predicted molar refractivity (Wildman–Crippen MR) is 83.0 cm³/mol. The van der Waals surface area contributed by atoms with Crippen molar-refractivity contribution in [2.45, 2.75) is 6.61 Å². The fourth-order valence-corrected chi connectivity index (χ4v) is 2.24. The van der Waals surface area contributed by atoms with E-state index in [9.17, 15) is 9.59 Å². The third kappa shape index (κ3) is 3.06. The molecule has 23 heavy (non-hydrogen) atoms. The summed E-state index contributed by atoms with van der Waals surface area (Å²) in [6, 6.07) is 14.1. The summed E-state index contributed by atoms with van der Waals surface area (Å²) in [5.74, 6) is -0.956. The summed E-state index contributed by atoms with van der Waals surface area (Å²) >= 11 is 0. The van der Waals surface area contributed by atoms with Crippen molar-refractivity contribution in [2.24, 2.45) is 0 Å². The van der Waals surface area contributed by atoms with Crippen molar-refractivity contribution >= 4 is 22.8 Å². The fraction of sp³-hybridized carbons (Fsp3) is 0.118. The van der Waals surface area contributed by atoms with Crippen LogP contribution in [0, 0.1) is 0 Å². The van der Waals surface area contributed by atoms with Crippen LogP contribution >= 0.6 is 0 Å². The lowest BCUT2D eigenvalue weighted by Crippen LogP contribution is -2.07. The third-order valence-corrected chi connectivity index (χ3v) is 3.38. The Balaban J connectivity index is 1.73. The summed E-state index contributed by atoms with van der Waals surface area (Å²) in [5, 5.41) is 7.49. The number of methoxy groups -OCH3 is 1. The number of hydrogen-bond acceptors (Lipinski definition) is 5. The molecule has 0 radical (unpaired) electrons. The highest BCUT2D eigenvalue weighted by molar-refractivity contribution is 6.01. The van der Waals surface area contributed by atoms with Gasteiger partial charge in [-0.15, -0.1) is 0 Å². The van der Waals surface area contributed by atoms with E-state index in [0.717, 1.165) is 5.52 Å². The molecule has 0 atom stereocenters. The first-order valence-corrected chi connectivity index (χ1v) is 6.96. The lowest BCUT2D eigenvalue weighted by atomic mass is 10.1. The van der Waals surface area contributed by atoms with E-state index in [1.54, 1.807) is 30.3 Å². The van der Waals surface area contributed by atoms with Gasteiger partial charge in [-0.05, 0) is 23.8 Å². The highest BCUT2D eigenvalue weighted by Crippen LogP contribution is 2.16. The summed E-state index contributed by atoms with van der Waals surface area (Å²) < 4.78 is 9.94. The minimum absolute atomic E-state index is 0.0465. The standard InChI is InChI=1S/C17H14N2O4/c1-22-16(20)12-6-4-5-11(9-12)10-23-17(21)15-13-7-2-3-8-14(13)18-19-15/h2-9H,10H2,1H3,(H,18,19). The molecule has 116 valence electrons. The Labute approximate surface area is 132 Å². The maximum Gasteiger partial charge on any atom is 0.359 e. The molecule has 0 saturated carbocycles. The van der Waals surface area contributed by atoms with Crippen LogP contribution in [0.4, 0.5) is 0 Å². The third-order valence-electron chi connectivity index (χ3n) is 3.38. The molecule has 3 aromatic rings. The maximum absolute atomic E-state index is 12.2. The Morgan fingerprint density at radius 1 is 1.09 bits per heavy atom. The lowest BCUT2D eigenvalue weighted by Gasteiger charge is -2.05. The Hall–Kier alpha value is -3.15. The zero-order valence-electron chi connectivity index (χ0n) is 12.4. The lowest BCUT2D eigenvalue weighted by molar-refractivity contribution is 0.0468. The van der Waals surface area contributed by atoms with Crippen LogP contribution in [-0.2, 0) is 16.1 Å². The van der Waals surface area contributed by atoms with Crippen molar-refractivity contribution in [3.8, 4) is 0 Å². The molecular formula is C17H14N2O4. The van der Waals surface area contributed by atoms with Crippen molar-refractivity contribution in [3.05, 3.63) is 65.4 Å². The highest BCUT2D eigenvalue weighted by Gasteiger charge is 2.15. The van der Waals surface area contributed by atoms with Crippen LogP contribution in [0.5, 0.6) is 0 Å². The van der Waals surface area contributed by atoms with Gasteiger partial charge >= 0.3 is 11.9 Å². The first kappa shape index (κ1) is 14.8. The van der Waals surface area contributed by atoms with Gasteiger partial charge < -0.3 is 9.47 Å². The summed E-state index contributed by atoms with van der Waals surface area (Å²) in [6.45, 7) is 0.0465. The fourth-order valence-electron chi connectivity index (χ4n) is 2.24. The van der Waals surface area contributed by atoms with Crippen molar-refractivity contribution in [3.63, 3.8) is 0 Å². The molecule has 0 aliphatic heterocycles. The van der Waals surface area contributed by atoms with E-state index in [2.05, 4.69) is 14.9 Å². The predicted octanol–water partition coefficient (Wildman–Crippen LogP) is 2.71. The number of carbonyl (C=O) groups is 2. The zero-order chi connectivity index (χ0) is 16.2. The Morgan fingerprint density at radius 3 is 2.74 bits per heavy atom. The minimum Gasteiger partial charge on any atom is -0.465 e. The van der Waals surface area contributed by atoms with Gasteiger partial charge in [0.15, 0.2) is 5.69 Å². The van der Waals surface area contributed by atoms with Crippen LogP contribution in [0.3, 0.4) is 0 Å². The minimum atomic E-state index is -0.522. The van der Waals surface area contributed by atoms with Crippen molar-refractivity contribution in [1.82, 2.24) is 10.2 Å². The molecule has 3 rings (SSSR count). The summed E-state index contributed by atoms with van der Waals surface area (Å²) in [5.41, 5.74) is 2.12. The van der Waals surface area contributed by atoms with Crippen LogP contribution in [0.25, 0.3) is 10.9 Å². The monoisotopic (exact) mass is 310 g/mol. The molecule has 0 amide bonds. The molecular weight excluding hydrogens is 296 g/mol. The quantitative estimate of drug-likeness (QED) is 0.749. The summed E-state index contributed by atoms with van der Waals surface area (Å²) in [7, 11) is 1.32. The van der Waals surface area contributed by atoms with Crippen molar-refractivity contribution in [2.75, 3.05) is 7.11 Å². The first-order chi connectivity index (χ1) is 11.2. The van der Waals surface area contributed by atoms with Gasteiger partial charge in [0.05, 0.1) is 18.2 Å². The number of nitrogens with zero attached hydrogens (tertiary/aromatic N) is 1. The second kappa shape index (κ2) is 6.31. The highest BCUT2D eigenvalue weighted by atomic mass is 16.5. The van der Waals surface area contributed by atoms with Gasteiger partial charge in [0.2, 0.25) is 0 Å². The number of H-pyrrole nitrogens is 1. The van der Waals surface area contributed by atoms with Crippen molar-refractivity contribution < 1.29 is 19.1 Å². The summed E-state index contributed by atoms with van der Waals surface area (Å²) in [6.07, 6.45) is 0. The molecule has 0 bridgehead atoms. The van der Waals surface area contributed by atoms with E-state index >= 15 is 0 Å². The molecule has 6 nitrogen and oxygen atoms in total. The first-order valence-electron chi connectivity index (χ1n) is 6.96. The molecule has 0 unspecified atom stereocenters. The van der Waals surface area contributed by atoms with Gasteiger partial charge in [-0.3, -0.25) is 5.10 Å². The molecule has 0 spiro atoms. The number of aromatic nitrogens is 2. The SMILES string of the molecule is COC(=O)c1cccc(COC(=O)c2n[nH]c3ccccc23)c1.